The van der Waals surface area contributed by atoms with Crippen molar-refractivity contribution in [3.8, 4) is 5.75 Å². The molecule has 0 aliphatic heterocycles. The van der Waals surface area contributed by atoms with Crippen molar-refractivity contribution in [1.29, 1.82) is 0 Å². The van der Waals surface area contributed by atoms with Crippen molar-refractivity contribution in [3.63, 3.8) is 0 Å². The van der Waals surface area contributed by atoms with Gasteiger partial charge in [0.05, 0.1) is 13.2 Å². The molecule has 0 saturated heterocycles. The Hall–Kier alpha value is -1.39. The van der Waals surface area contributed by atoms with Crippen LogP contribution >= 0.6 is 11.3 Å². The van der Waals surface area contributed by atoms with Gasteiger partial charge in [0.2, 0.25) is 0 Å². The number of nitrogens with one attached hydrogen (secondary N) is 1. The zero-order chi connectivity index (χ0) is 13.0. The minimum Gasteiger partial charge on any atom is -0.496 e. The van der Waals surface area contributed by atoms with Crippen LogP contribution in [0.1, 0.15) is 36.5 Å². The molecule has 18 heavy (non-hydrogen) atoms. The Kier molecular flexibility index (Phi) is 4.33. The molecule has 2 rings (SSSR count). The predicted molar refractivity (Wildman–Crippen MR) is 75.1 cm³/mol. The number of thiazole rings is 1. The molecule has 0 fully saturated rings. The molecule has 0 aliphatic rings. The molecular weight excluding hydrogens is 244 g/mol. The van der Waals surface area contributed by atoms with E-state index >= 15 is 0 Å². The summed E-state index contributed by atoms with van der Waals surface area (Å²) in [4.78, 5) is 4.33. The van der Waals surface area contributed by atoms with Crippen LogP contribution < -0.4 is 10.1 Å². The predicted octanol–water partition coefficient (Wildman–Crippen LogP) is 3.56. The fraction of sp³-hybridized carbons (Fsp3) is 0.357. The maximum atomic E-state index is 5.39. The molecule has 3 nitrogen and oxygen atoms in total. The molecule has 1 heterocycles. The highest BCUT2D eigenvalue weighted by Gasteiger charge is 2.15. The lowest BCUT2D eigenvalue weighted by atomic mass is 10.1. The van der Waals surface area contributed by atoms with Gasteiger partial charge in [-0.05, 0) is 19.9 Å². The van der Waals surface area contributed by atoms with Gasteiger partial charge in [-0.2, -0.15) is 0 Å². The molecule has 2 unspecified atom stereocenters. The van der Waals surface area contributed by atoms with E-state index in [4.69, 9.17) is 4.74 Å². The first-order chi connectivity index (χ1) is 8.72. The second kappa shape index (κ2) is 5.98. The smallest absolute Gasteiger partial charge is 0.123 e. The van der Waals surface area contributed by atoms with E-state index in [1.165, 1.54) is 5.56 Å². The Bertz CT molecular complexity index is 484. The number of methoxy groups -OCH3 is 1. The van der Waals surface area contributed by atoms with Crippen molar-refractivity contribution in [2.75, 3.05) is 7.11 Å². The highest BCUT2D eigenvalue weighted by atomic mass is 32.1. The van der Waals surface area contributed by atoms with Crippen molar-refractivity contribution in [2.45, 2.75) is 25.9 Å². The summed E-state index contributed by atoms with van der Waals surface area (Å²) in [6.07, 6.45) is 1.84. The lowest BCUT2D eigenvalue weighted by Crippen LogP contribution is -2.22. The summed E-state index contributed by atoms with van der Waals surface area (Å²) in [6.45, 7) is 4.27. The Morgan fingerprint density at radius 1 is 1.22 bits per heavy atom. The molecule has 4 heteroatoms. The fourth-order valence-corrected chi connectivity index (χ4v) is 2.66. The fourth-order valence-electron chi connectivity index (χ4n) is 2.01. The third kappa shape index (κ3) is 2.89. The van der Waals surface area contributed by atoms with Crippen molar-refractivity contribution in [3.05, 3.63) is 46.4 Å². The largest absolute Gasteiger partial charge is 0.496 e. The van der Waals surface area contributed by atoms with E-state index in [1.54, 1.807) is 18.4 Å². The molecule has 0 radical (unpaired) electrons. The first-order valence-electron chi connectivity index (χ1n) is 6.00. The van der Waals surface area contributed by atoms with Gasteiger partial charge in [0.25, 0.3) is 0 Å². The van der Waals surface area contributed by atoms with Gasteiger partial charge >= 0.3 is 0 Å². The van der Waals surface area contributed by atoms with Crippen LogP contribution in [-0.4, -0.2) is 12.1 Å². The Morgan fingerprint density at radius 2 is 2.00 bits per heavy atom. The Balaban J connectivity index is 2.09. The van der Waals surface area contributed by atoms with Gasteiger partial charge in [0.1, 0.15) is 10.8 Å². The van der Waals surface area contributed by atoms with Gasteiger partial charge in [-0.1, -0.05) is 18.2 Å². The van der Waals surface area contributed by atoms with E-state index in [9.17, 15) is 0 Å². The molecule has 1 N–H and O–H groups in total. The molecule has 0 spiro atoms. The summed E-state index contributed by atoms with van der Waals surface area (Å²) in [5.41, 5.74) is 1.17. The van der Waals surface area contributed by atoms with Crippen LogP contribution in [0.15, 0.2) is 35.8 Å². The van der Waals surface area contributed by atoms with E-state index in [0.29, 0.717) is 0 Å². The molecule has 1 aromatic carbocycles. The van der Waals surface area contributed by atoms with Crippen LogP contribution in [0.4, 0.5) is 0 Å². The number of nitrogens with zero attached hydrogens (tertiary/aromatic N) is 1. The number of para-hydroxylation sites is 1. The summed E-state index contributed by atoms with van der Waals surface area (Å²) in [7, 11) is 1.70. The lowest BCUT2D eigenvalue weighted by molar-refractivity contribution is 0.396. The number of rotatable bonds is 5. The maximum Gasteiger partial charge on any atom is 0.123 e. The maximum absolute atomic E-state index is 5.39. The summed E-state index contributed by atoms with van der Waals surface area (Å²) in [6, 6.07) is 8.56. The number of hydrogen-bond acceptors (Lipinski definition) is 4. The molecule has 0 amide bonds. The molecule has 0 bridgehead atoms. The number of ether oxygens (including phenoxy) is 1. The molecular formula is C14H18N2OS. The third-order valence-corrected chi connectivity index (χ3v) is 3.89. The monoisotopic (exact) mass is 262 g/mol. The topological polar surface area (TPSA) is 34.1 Å². The Morgan fingerprint density at radius 3 is 2.67 bits per heavy atom. The second-order valence-corrected chi connectivity index (χ2v) is 5.15. The summed E-state index contributed by atoms with van der Waals surface area (Å²) < 4.78 is 5.39. The first kappa shape index (κ1) is 13.1. The standard InChI is InChI=1S/C14H18N2OS/c1-10(12-6-4-5-7-13(12)17-3)16-11(2)14-15-8-9-18-14/h4-11,16H,1-3H3. The van der Waals surface area contributed by atoms with Crippen LogP contribution in [0.25, 0.3) is 0 Å². The van der Waals surface area contributed by atoms with Crippen LogP contribution in [0.3, 0.4) is 0 Å². The molecule has 1 aromatic heterocycles. The second-order valence-electron chi connectivity index (χ2n) is 4.22. The molecule has 0 aliphatic carbocycles. The van der Waals surface area contributed by atoms with Crippen LogP contribution in [0, 0.1) is 0 Å². The van der Waals surface area contributed by atoms with Gasteiger partial charge in [0, 0.05) is 23.2 Å². The summed E-state index contributed by atoms with van der Waals surface area (Å²) in [5.74, 6) is 0.920. The van der Waals surface area contributed by atoms with Gasteiger partial charge in [-0.3, -0.25) is 0 Å². The normalized spacial score (nSPS) is 14.2. The van der Waals surface area contributed by atoms with Crippen molar-refractivity contribution >= 4 is 11.3 Å². The third-order valence-electron chi connectivity index (χ3n) is 2.93. The van der Waals surface area contributed by atoms with Crippen molar-refractivity contribution < 1.29 is 4.74 Å². The van der Waals surface area contributed by atoms with Crippen LogP contribution in [0.2, 0.25) is 0 Å². The zero-order valence-corrected chi connectivity index (χ0v) is 11.7. The van der Waals surface area contributed by atoms with Gasteiger partial charge in [-0.15, -0.1) is 11.3 Å². The summed E-state index contributed by atoms with van der Waals surface area (Å²) >= 11 is 1.67. The van der Waals surface area contributed by atoms with E-state index in [0.717, 1.165) is 10.8 Å². The molecule has 2 atom stereocenters. The average molecular weight is 262 g/mol. The highest BCUT2D eigenvalue weighted by Crippen LogP contribution is 2.27. The first-order valence-corrected chi connectivity index (χ1v) is 6.88. The zero-order valence-electron chi connectivity index (χ0n) is 10.9. The van der Waals surface area contributed by atoms with Crippen molar-refractivity contribution in [1.82, 2.24) is 10.3 Å². The van der Waals surface area contributed by atoms with Crippen molar-refractivity contribution in [2.24, 2.45) is 0 Å². The van der Waals surface area contributed by atoms with Gasteiger partial charge < -0.3 is 10.1 Å². The van der Waals surface area contributed by atoms with E-state index in [-0.39, 0.29) is 12.1 Å². The SMILES string of the molecule is COc1ccccc1C(C)NC(C)c1nccs1. The number of aromatic nitrogens is 1. The lowest BCUT2D eigenvalue weighted by Gasteiger charge is -2.20. The Labute approximate surface area is 112 Å². The van der Waals surface area contributed by atoms with Crippen LogP contribution in [-0.2, 0) is 0 Å². The minimum atomic E-state index is 0.222. The molecule has 0 saturated carbocycles. The van der Waals surface area contributed by atoms with Crippen LogP contribution in [0.5, 0.6) is 5.75 Å². The van der Waals surface area contributed by atoms with Gasteiger partial charge in [0.15, 0.2) is 0 Å². The molecule has 2 aromatic rings. The van der Waals surface area contributed by atoms with E-state index in [1.807, 2.05) is 29.8 Å². The quantitative estimate of drug-likeness (QED) is 0.894. The van der Waals surface area contributed by atoms with E-state index in [2.05, 4.69) is 30.2 Å². The number of hydrogen-bond donors (Lipinski definition) is 1. The van der Waals surface area contributed by atoms with E-state index < -0.39 is 0 Å². The molecule has 96 valence electrons. The minimum absolute atomic E-state index is 0.222. The van der Waals surface area contributed by atoms with Gasteiger partial charge in [-0.25, -0.2) is 4.98 Å². The highest BCUT2D eigenvalue weighted by molar-refractivity contribution is 7.09. The summed E-state index contributed by atoms with van der Waals surface area (Å²) in [5, 5.41) is 6.65. The average Bonchev–Trinajstić information content (AvgIpc) is 2.92. The number of benzene rings is 1.